The van der Waals surface area contributed by atoms with E-state index in [1.807, 2.05) is 14.1 Å². The molecule has 5 nitrogen and oxygen atoms in total. The standard InChI is InChI=1S/C14H24N4O/c1-10(2)7-11(9-18(3)4)17-14(19)12-8-16-6-5-13(12)15/h5-6,8,10-11H,7,9H2,1-4H3,(H2,15,16)(H,17,19). The van der Waals surface area contributed by atoms with Gasteiger partial charge in [-0.25, -0.2) is 0 Å². The summed E-state index contributed by atoms with van der Waals surface area (Å²) in [6.45, 7) is 5.10. The Balaban J connectivity index is 2.73. The van der Waals surface area contributed by atoms with Gasteiger partial charge in [0, 0.05) is 30.7 Å². The lowest BCUT2D eigenvalue weighted by Gasteiger charge is -2.24. The van der Waals surface area contributed by atoms with Crippen molar-refractivity contribution in [3.05, 3.63) is 24.0 Å². The molecule has 0 aliphatic carbocycles. The maximum absolute atomic E-state index is 12.2. The number of nitrogens with one attached hydrogen (secondary N) is 1. The molecule has 1 aromatic heterocycles. The largest absolute Gasteiger partial charge is 0.398 e. The minimum absolute atomic E-state index is 0.113. The van der Waals surface area contributed by atoms with Gasteiger partial charge in [0.05, 0.1) is 5.56 Å². The zero-order valence-electron chi connectivity index (χ0n) is 12.2. The van der Waals surface area contributed by atoms with Crippen LogP contribution in [0, 0.1) is 5.92 Å². The van der Waals surface area contributed by atoms with Gasteiger partial charge in [-0.2, -0.15) is 0 Å². The number of nitrogens with zero attached hydrogens (tertiary/aromatic N) is 2. The fourth-order valence-corrected chi connectivity index (χ4v) is 2.05. The van der Waals surface area contributed by atoms with Crippen LogP contribution in [0.25, 0.3) is 0 Å². The first-order chi connectivity index (χ1) is 8.90. The van der Waals surface area contributed by atoms with Gasteiger partial charge in [0.2, 0.25) is 0 Å². The first kappa shape index (κ1) is 15.4. The molecule has 0 fully saturated rings. The number of nitrogens with two attached hydrogens (primary N) is 1. The lowest BCUT2D eigenvalue weighted by Crippen LogP contribution is -2.42. The Kier molecular flexibility index (Phi) is 5.76. The number of hydrogen-bond donors (Lipinski definition) is 2. The number of carbonyl (C=O) groups is 1. The van der Waals surface area contributed by atoms with Crippen molar-refractivity contribution in [2.24, 2.45) is 5.92 Å². The van der Waals surface area contributed by atoms with Crippen molar-refractivity contribution in [2.75, 3.05) is 26.4 Å². The van der Waals surface area contributed by atoms with E-state index in [9.17, 15) is 4.79 Å². The smallest absolute Gasteiger partial charge is 0.255 e. The van der Waals surface area contributed by atoms with Gasteiger partial charge in [-0.1, -0.05) is 13.8 Å². The molecule has 0 aliphatic heterocycles. The Morgan fingerprint density at radius 2 is 2.16 bits per heavy atom. The quantitative estimate of drug-likeness (QED) is 0.814. The van der Waals surface area contributed by atoms with Crippen LogP contribution in [0.1, 0.15) is 30.6 Å². The Hall–Kier alpha value is -1.62. The fourth-order valence-electron chi connectivity index (χ4n) is 2.05. The molecular formula is C14H24N4O. The van der Waals surface area contributed by atoms with Crippen LogP contribution < -0.4 is 11.1 Å². The van der Waals surface area contributed by atoms with Gasteiger partial charge < -0.3 is 16.0 Å². The maximum Gasteiger partial charge on any atom is 0.255 e. The van der Waals surface area contributed by atoms with Gasteiger partial charge in [-0.3, -0.25) is 9.78 Å². The van der Waals surface area contributed by atoms with Crippen molar-refractivity contribution < 1.29 is 4.79 Å². The average Bonchev–Trinajstić information content (AvgIpc) is 2.27. The molecule has 3 N–H and O–H groups in total. The van der Waals surface area contributed by atoms with Gasteiger partial charge in [0.15, 0.2) is 0 Å². The van der Waals surface area contributed by atoms with E-state index in [0.29, 0.717) is 17.2 Å². The number of aromatic nitrogens is 1. The molecule has 0 radical (unpaired) electrons. The summed E-state index contributed by atoms with van der Waals surface area (Å²) >= 11 is 0. The normalized spacial score (nSPS) is 12.7. The van der Waals surface area contributed by atoms with Gasteiger partial charge in [-0.05, 0) is 32.5 Å². The molecule has 0 spiro atoms. The Morgan fingerprint density at radius 3 is 2.68 bits per heavy atom. The van der Waals surface area contributed by atoms with Crippen LogP contribution in [-0.2, 0) is 0 Å². The molecule has 0 saturated heterocycles. The van der Waals surface area contributed by atoms with Crippen LogP contribution >= 0.6 is 0 Å². The topological polar surface area (TPSA) is 71.2 Å². The third kappa shape index (κ3) is 5.26. The molecule has 0 aliphatic rings. The summed E-state index contributed by atoms with van der Waals surface area (Å²) in [5, 5.41) is 3.04. The SMILES string of the molecule is CC(C)CC(CN(C)C)NC(=O)c1cnccc1N. The molecule has 5 heteroatoms. The van der Waals surface area contributed by atoms with E-state index < -0.39 is 0 Å². The number of likely N-dealkylation sites (N-methyl/N-ethyl adjacent to an activating group) is 1. The summed E-state index contributed by atoms with van der Waals surface area (Å²) in [7, 11) is 4.00. The number of nitrogen functional groups attached to an aromatic ring is 1. The first-order valence-corrected chi connectivity index (χ1v) is 6.55. The summed E-state index contributed by atoms with van der Waals surface area (Å²) in [6.07, 6.45) is 4.02. The van der Waals surface area contributed by atoms with Crippen molar-refractivity contribution in [2.45, 2.75) is 26.3 Å². The number of hydrogen-bond acceptors (Lipinski definition) is 4. The van der Waals surface area contributed by atoms with E-state index in [1.165, 1.54) is 6.20 Å². The van der Waals surface area contributed by atoms with Crippen molar-refractivity contribution in [1.82, 2.24) is 15.2 Å². The Labute approximate surface area is 115 Å². The summed E-state index contributed by atoms with van der Waals surface area (Å²) in [6, 6.07) is 1.75. The molecule has 1 heterocycles. The van der Waals surface area contributed by atoms with Crippen molar-refractivity contribution in [3.63, 3.8) is 0 Å². The highest BCUT2D eigenvalue weighted by Gasteiger charge is 2.17. The second-order valence-electron chi connectivity index (χ2n) is 5.53. The van der Waals surface area contributed by atoms with Crippen LogP contribution in [0.15, 0.2) is 18.5 Å². The van der Waals surface area contributed by atoms with E-state index in [-0.39, 0.29) is 11.9 Å². The highest BCUT2D eigenvalue weighted by molar-refractivity contribution is 5.98. The summed E-state index contributed by atoms with van der Waals surface area (Å²) < 4.78 is 0. The molecule has 0 saturated carbocycles. The zero-order valence-corrected chi connectivity index (χ0v) is 12.2. The molecule has 1 aromatic rings. The van der Waals surface area contributed by atoms with Gasteiger partial charge in [0.1, 0.15) is 0 Å². The molecular weight excluding hydrogens is 240 g/mol. The predicted octanol–water partition coefficient (Wildman–Crippen LogP) is 1.37. The van der Waals surface area contributed by atoms with Crippen LogP contribution in [0.4, 0.5) is 5.69 Å². The summed E-state index contributed by atoms with van der Waals surface area (Å²) in [4.78, 5) is 18.2. The molecule has 1 rings (SSSR count). The van der Waals surface area contributed by atoms with Crippen LogP contribution in [0.5, 0.6) is 0 Å². The number of anilines is 1. The third-order valence-corrected chi connectivity index (χ3v) is 2.78. The van der Waals surface area contributed by atoms with Crippen LogP contribution in [0.3, 0.4) is 0 Å². The molecule has 0 bridgehead atoms. The van der Waals surface area contributed by atoms with Gasteiger partial charge in [0.25, 0.3) is 5.91 Å². The highest BCUT2D eigenvalue weighted by atomic mass is 16.1. The van der Waals surface area contributed by atoms with Crippen molar-refractivity contribution >= 4 is 11.6 Å². The lowest BCUT2D eigenvalue weighted by molar-refractivity contribution is 0.0925. The number of rotatable bonds is 6. The van der Waals surface area contributed by atoms with E-state index >= 15 is 0 Å². The molecule has 1 atom stereocenters. The second-order valence-corrected chi connectivity index (χ2v) is 5.53. The summed E-state index contributed by atoms with van der Waals surface area (Å²) in [5.74, 6) is 0.370. The summed E-state index contributed by atoms with van der Waals surface area (Å²) in [5.41, 5.74) is 6.69. The minimum Gasteiger partial charge on any atom is -0.398 e. The number of pyridine rings is 1. The van der Waals surface area contributed by atoms with E-state index in [2.05, 4.69) is 29.0 Å². The molecule has 1 unspecified atom stereocenters. The monoisotopic (exact) mass is 264 g/mol. The van der Waals surface area contributed by atoms with E-state index in [1.54, 1.807) is 12.3 Å². The highest BCUT2D eigenvalue weighted by Crippen LogP contribution is 2.11. The van der Waals surface area contributed by atoms with Crippen molar-refractivity contribution in [3.8, 4) is 0 Å². The average molecular weight is 264 g/mol. The van der Waals surface area contributed by atoms with Gasteiger partial charge >= 0.3 is 0 Å². The van der Waals surface area contributed by atoms with Gasteiger partial charge in [-0.15, -0.1) is 0 Å². The predicted molar refractivity (Wildman–Crippen MR) is 77.9 cm³/mol. The second kappa shape index (κ2) is 7.09. The third-order valence-electron chi connectivity index (χ3n) is 2.78. The minimum atomic E-state index is -0.155. The number of carbonyl (C=O) groups excluding carboxylic acids is 1. The zero-order chi connectivity index (χ0) is 14.4. The maximum atomic E-state index is 12.2. The first-order valence-electron chi connectivity index (χ1n) is 6.55. The lowest BCUT2D eigenvalue weighted by atomic mass is 10.0. The molecule has 1 amide bonds. The van der Waals surface area contributed by atoms with Crippen molar-refractivity contribution in [1.29, 1.82) is 0 Å². The molecule has 19 heavy (non-hydrogen) atoms. The van der Waals surface area contributed by atoms with E-state index in [4.69, 9.17) is 5.73 Å². The van der Waals surface area contributed by atoms with E-state index in [0.717, 1.165) is 13.0 Å². The Bertz CT molecular complexity index is 408. The van der Waals surface area contributed by atoms with Crippen LogP contribution in [0.2, 0.25) is 0 Å². The fraction of sp³-hybridized carbons (Fsp3) is 0.571. The molecule has 0 aromatic carbocycles. The molecule has 106 valence electrons. The Morgan fingerprint density at radius 1 is 1.47 bits per heavy atom. The number of amides is 1. The van der Waals surface area contributed by atoms with Crippen LogP contribution in [-0.4, -0.2) is 42.5 Å².